The molecule has 3 aromatic carbocycles. The van der Waals surface area contributed by atoms with Gasteiger partial charge in [-0.3, -0.25) is 9.10 Å². The summed E-state index contributed by atoms with van der Waals surface area (Å²) >= 11 is 5.91. The fourth-order valence-corrected chi connectivity index (χ4v) is 4.75. The molecule has 0 heterocycles. The molecule has 1 N–H and O–H groups in total. The Balaban J connectivity index is 1.77. The fourth-order valence-electron chi connectivity index (χ4n) is 3.20. The van der Waals surface area contributed by atoms with E-state index in [-0.39, 0.29) is 24.1 Å². The lowest BCUT2D eigenvalue weighted by Gasteiger charge is -2.24. The Morgan fingerprint density at radius 1 is 1.00 bits per heavy atom. The Morgan fingerprint density at radius 2 is 1.68 bits per heavy atom. The largest absolute Gasteiger partial charge is 0.493 e. The van der Waals surface area contributed by atoms with E-state index >= 15 is 0 Å². The Bertz CT molecular complexity index is 1220. The summed E-state index contributed by atoms with van der Waals surface area (Å²) in [7, 11) is -2.45. The molecule has 0 bridgehead atoms. The van der Waals surface area contributed by atoms with Gasteiger partial charge in [0.1, 0.15) is 6.54 Å². The molecule has 1 amide bonds. The number of halogens is 1. The number of hydrogen-bond acceptors (Lipinski definition) is 5. The maximum Gasteiger partial charge on any atom is 0.264 e. The summed E-state index contributed by atoms with van der Waals surface area (Å²) in [6, 6.07) is 19.7. The number of benzene rings is 3. The Morgan fingerprint density at radius 3 is 2.29 bits per heavy atom. The van der Waals surface area contributed by atoms with E-state index in [2.05, 4.69) is 5.32 Å². The number of amides is 1. The number of hydrogen-bond donors (Lipinski definition) is 1. The van der Waals surface area contributed by atoms with Crippen molar-refractivity contribution in [3.8, 4) is 11.5 Å². The molecule has 0 spiro atoms. The van der Waals surface area contributed by atoms with Gasteiger partial charge >= 0.3 is 0 Å². The topological polar surface area (TPSA) is 84.9 Å². The summed E-state index contributed by atoms with van der Waals surface area (Å²) in [5.74, 6) is 0.705. The number of sulfonamides is 1. The molecular formula is C25H27ClN2O5S. The van der Waals surface area contributed by atoms with E-state index in [1.807, 2.05) is 19.9 Å². The second kappa shape index (κ2) is 11.3. The SMILES string of the molecule is COc1cc(CNC(=O)CN(c2ccccc2)S(=O)(=O)c2ccc(Cl)cc2)ccc1OC(C)C. The van der Waals surface area contributed by atoms with E-state index in [0.717, 1.165) is 9.87 Å². The molecule has 0 saturated heterocycles. The summed E-state index contributed by atoms with van der Waals surface area (Å²) in [6.45, 7) is 3.65. The van der Waals surface area contributed by atoms with Crippen LogP contribution in [0.1, 0.15) is 19.4 Å². The van der Waals surface area contributed by atoms with Crippen LogP contribution in [0.4, 0.5) is 5.69 Å². The number of ether oxygens (including phenoxy) is 2. The minimum absolute atomic E-state index is 0.00832. The Hall–Kier alpha value is -3.23. The highest BCUT2D eigenvalue weighted by atomic mass is 35.5. The predicted molar refractivity (Wildman–Crippen MR) is 133 cm³/mol. The van der Waals surface area contributed by atoms with Crippen LogP contribution in [-0.4, -0.2) is 34.1 Å². The first-order valence-electron chi connectivity index (χ1n) is 10.6. The molecule has 0 radical (unpaired) electrons. The Kier molecular flexibility index (Phi) is 8.41. The van der Waals surface area contributed by atoms with Gasteiger partial charge in [-0.1, -0.05) is 35.9 Å². The van der Waals surface area contributed by atoms with Crippen molar-refractivity contribution < 1.29 is 22.7 Å². The Labute approximate surface area is 205 Å². The van der Waals surface area contributed by atoms with Gasteiger partial charge in [-0.2, -0.15) is 0 Å². The van der Waals surface area contributed by atoms with Crippen LogP contribution in [0.2, 0.25) is 5.02 Å². The van der Waals surface area contributed by atoms with Gasteiger partial charge in [0, 0.05) is 11.6 Å². The van der Waals surface area contributed by atoms with E-state index in [4.69, 9.17) is 21.1 Å². The van der Waals surface area contributed by atoms with Gasteiger partial charge in [0.2, 0.25) is 5.91 Å². The molecule has 7 nitrogen and oxygen atoms in total. The van der Waals surface area contributed by atoms with Crippen LogP contribution in [0.5, 0.6) is 11.5 Å². The first kappa shape index (κ1) is 25.4. The van der Waals surface area contributed by atoms with Crippen molar-refractivity contribution in [1.29, 1.82) is 0 Å². The van der Waals surface area contributed by atoms with Crippen LogP contribution in [-0.2, 0) is 21.4 Å². The van der Waals surface area contributed by atoms with Gasteiger partial charge in [0.05, 0.1) is 23.8 Å². The van der Waals surface area contributed by atoms with Crippen molar-refractivity contribution in [2.75, 3.05) is 18.0 Å². The molecule has 3 aromatic rings. The van der Waals surface area contributed by atoms with E-state index in [9.17, 15) is 13.2 Å². The van der Waals surface area contributed by atoms with Crippen molar-refractivity contribution in [2.24, 2.45) is 0 Å². The number of methoxy groups -OCH3 is 1. The summed E-state index contributed by atoms with van der Waals surface area (Å²) in [6.07, 6.45) is -0.00832. The van der Waals surface area contributed by atoms with Crippen LogP contribution in [0, 0.1) is 0 Å². The third-order valence-corrected chi connectivity index (χ3v) is 6.85. The summed E-state index contributed by atoms with van der Waals surface area (Å²) in [5.41, 5.74) is 1.16. The fraction of sp³-hybridized carbons (Fsp3) is 0.240. The van der Waals surface area contributed by atoms with Gasteiger partial charge in [0.25, 0.3) is 10.0 Å². The molecular weight excluding hydrogens is 476 g/mol. The average Bonchev–Trinajstić information content (AvgIpc) is 2.82. The number of carbonyl (C=O) groups excluding carboxylic acids is 1. The normalized spacial score (nSPS) is 11.2. The van der Waals surface area contributed by atoms with Crippen LogP contribution < -0.4 is 19.1 Å². The molecule has 0 aliphatic heterocycles. The van der Waals surface area contributed by atoms with Gasteiger partial charge in [-0.05, 0) is 67.9 Å². The van der Waals surface area contributed by atoms with Gasteiger partial charge in [-0.15, -0.1) is 0 Å². The van der Waals surface area contributed by atoms with Crippen molar-refractivity contribution in [3.63, 3.8) is 0 Å². The summed E-state index contributed by atoms with van der Waals surface area (Å²) in [5, 5.41) is 3.20. The lowest BCUT2D eigenvalue weighted by molar-refractivity contribution is -0.119. The zero-order chi connectivity index (χ0) is 24.7. The van der Waals surface area contributed by atoms with Gasteiger partial charge in [0.15, 0.2) is 11.5 Å². The van der Waals surface area contributed by atoms with E-state index < -0.39 is 15.9 Å². The second-order valence-electron chi connectivity index (χ2n) is 7.73. The first-order valence-corrected chi connectivity index (χ1v) is 12.5. The van der Waals surface area contributed by atoms with Crippen molar-refractivity contribution in [1.82, 2.24) is 5.32 Å². The molecule has 3 rings (SSSR count). The number of rotatable bonds is 10. The van der Waals surface area contributed by atoms with Crippen LogP contribution >= 0.6 is 11.6 Å². The van der Waals surface area contributed by atoms with Crippen LogP contribution in [0.3, 0.4) is 0 Å². The van der Waals surface area contributed by atoms with Gasteiger partial charge < -0.3 is 14.8 Å². The molecule has 0 aromatic heterocycles. The highest BCUT2D eigenvalue weighted by molar-refractivity contribution is 7.92. The van der Waals surface area contributed by atoms with Crippen molar-refractivity contribution in [2.45, 2.75) is 31.4 Å². The molecule has 180 valence electrons. The molecule has 34 heavy (non-hydrogen) atoms. The van der Waals surface area contributed by atoms with E-state index in [1.165, 1.54) is 24.3 Å². The number of anilines is 1. The second-order valence-corrected chi connectivity index (χ2v) is 10.0. The highest BCUT2D eigenvalue weighted by Crippen LogP contribution is 2.29. The standard InChI is InChI=1S/C25H27ClN2O5S/c1-18(2)33-23-14-9-19(15-24(23)32-3)16-27-25(29)17-28(21-7-5-4-6-8-21)34(30,31)22-12-10-20(26)11-13-22/h4-15,18H,16-17H2,1-3H3,(H,27,29). The van der Waals surface area contributed by atoms with Crippen LogP contribution in [0.15, 0.2) is 77.7 Å². The van der Waals surface area contributed by atoms with Gasteiger partial charge in [-0.25, -0.2) is 8.42 Å². The third kappa shape index (κ3) is 6.42. The lowest BCUT2D eigenvalue weighted by atomic mass is 10.2. The highest BCUT2D eigenvalue weighted by Gasteiger charge is 2.27. The summed E-state index contributed by atoms with van der Waals surface area (Å²) in [4.78, 5) is 12.8. The maximum absolute atomic E-state index is 13.3. The monoisotopic (exact) mass is 502 g/mol. The zero-order valence-electron chi connectivity index (χ0n) is 19.2. The molecule has 0 fully saturated rings. The number of nitrogens with zero attached hydrogens (tertiary/aromatic N) is 1. The maximum atomic E-state index is 13.3. The quantitative estimate of drug-likeness (QED) is 0.436. The number of nitrogens with one attached hydrogen (secondary N) is 1. The lowest BCUT2D eigenvalue weighted by Crippen LogP contribution is -2.40. The minimum Gasteiger partial charge on any atom is -0.493 e. The van der Waals surface area contributed by atoms with Crippen LogP contribution in [0.25, 0.3) is 0 Å². The van der Waals surface area contributed by atoms with Crippen molar-refractivity contribution >= 4 is 33.2 Å². The molecule has 0 atom stereocenters. The molecule has 0 unspecified atom stereocenters. The third-order valence-electron chi connectivity index (χ3n) is 4.81. The molecule has 0 aliphatic rings. The predicted octanol–water partition coefficient (Wildman–Crippen LogP) is 4.65. The first-order chi connectivity index (χ1) is 16.2. The zero-order valence-corrected chi connectivity index (χ0v) is 20.8. The number of carbonyl (C=O) groups is 1. The van der Waals surface area contributed by atoms with E-state index in [1.54, 1.807) is 49.6 Å². The molecule has 0 aliphatic carbocycles. The number of para-hydroxylation sites is 1. The van der Waals surface area contributed by atoms with Crippen molar-refractivity contribution in [3.05, 3.63) is 83.4 Å². The molecule has 9 heteroatoms. The minimum atomic E-state index is -4.00. The average molecular weight is 503 g/mol. The van der Waals surface area contributed by atoms with E-state index in [0.29, 0.717) is 22.2 Å². The smallest absolute Gasteiger partial charge is 0.264 e. The summed E-state index contributed by atoms with van der Waals surface area (Å²) < 4.78 is 38.8. The molecule has 0 saturated carbocycles.